The lowest BCUT2D eigenvalue weighted by atomic mass is 9.60. The highest BCUT2D eigenvalue weighted by atomic mass is 14.5. The van der Waals surface area contributed by atoms with Crippen molar-refractivity contribution in [2.45, 2.75) is 84.5 Å². The largest absolute Gasteiger partial charge is 0.198 e. The van der Waals surface area contributed by atoms with Crippen molar-refractivity contribution in [1.82, 2.24) is 0 Å². The predicted molar refractivity (Wildman–Crippen MR) is 80.7 cm³/mol. The molecule has 0 bridgehead atoms. The van der Waals surface area contributed by atoms with Crippen LogP contribution in [0.5, 0.6) is 0 Å². The van der Waals surface area contributed by atoms with Crippen LogP contribution in [0.4, 0.5) is 0 Å². The fraction of sp³-hybridized carbons (Fsp3) is 0.944. The summed E-state index contributed by atoms with van der Waals surface area (Å²) in [7, 11) is 0. The molecule has 0 aromatic rings. The minimum Gasteiger partial charge on any atom is -0.198 e. The number of fused-ring (bicyclic) bond motifs is 1. The third-order valence-corrected chi connectivity index (χ3v) is 5.76. The molecule has 2 saturated carbocycles. The predicted octanol–water partition coefficient (Wildman–Crippen LogP) is 5.70. The molecule has 0 aromatic carbocycles. The van der Waals surface area contributed by atoms with Gasteiger partial charge in [0.1, 0.15) is 0 Å². The van der Waals surface area contributed by atoms with Crippen LogP contribution in [0, 0.1) is 34.5 Å². The van der Waals surface area contributed by atoms with Crippen LogP contribution < -0.4 is 0 Å². The molecule has 0 heterocycles. The minimum atomic E-state index is -0.00483. The minimum absolute atomic E-state index is 0.00483. The highest BCUT2D eigenvalue weighted by molar-refractivity contribution is 5.01. The number of hydrogen-bond donors (Lipinski definition) is 0. The summed E-state index contributed by atoms with van der Waals surface area (Å²) in [4.78, 5) is 0. The summed E-state index contributed by atoms with van der Waals surface area (Å²) in [6, 6.07) is 2.57. The molecule has 2 aliphatic rings. The van der Waals surface area contributed by atoms with Gasteiger partial charge in [-0.1, -0.05) is 45.4 Å². The fourth-order valence-corrected chi connectivity index (χ4v) is 4.45. The van der Waals surface area contributed by atoms with Crippen molar-refractivity contribution in [1.29, 1.82) is 5.26 Å². The van der Waals surface area contributed by atoms with Crippen molar-refractivity contribution in [3.63, 3.8) is 0 Å². The van der Waals surface area contributed by atoms with Crippen LogP contribution in [0.3, 0.4) is 0 Å². The van der Waals surface area contributed by atoms with E-state index in [1.54, 1.807) is 0 Å². The third kappa shape index (κ3) is 3.98. The van der Waals surface area contributed by atoms with Crippen LogP contribution in [0.1, 0.15) is 84.5 Å². The Hall–Kier alpha value is -0.510. The molecule has 0 aliphatic heterocycles. The summed E-state index contributed by atoms with van der Waals surface area (Å²) in [5.41, 5.74) is -0.00483. The molecule has 4 unspecified atom stereocenters. The lowest BCUT2D eigenvalue weighted by Gasteiger charge is -2.44. The molecule has 4 atom stereocenters. The Morgan fingerprint density at radius 3 is 2.68 bits per heavy atom. The van der Waals surface area contributed by atoms with Crippen molar-refractivity contribution in [2.24, 2.45) is 23.2 Å². The zero-order valence-corrected chi connectivity index (χ0v) is 13.0. The van der Waals surface area contributed by atoms with Gasteiger partial charge in [0.15, 0.2) is 0 Å². The van der Waals surface area contributed by atoms with Gasteiger partial charge < -0.3 is 0 Å². The average Bonchev–Trinajstić information content (AvgIpc) is 2.44. The van der Waals surface area contributed by atoms with E-state index in [0.717, 1.165) is 24.2 Å². The van der Waals surface area contributed by atoms with Crippen molar-refractivity contribution in [2.75, 3.05) is 0 Å². The molecule has 0 amide bonds. The zero-order valence-electron chi connectivity index (χ0n) is 13.0. The Labute approximate surface area is 119 Å². The van der Waals surface area contributed by atoms with E-state index in [9.17, 15) is 5.26 Å². The summed E-state index contributed by atoms with van der Waals surface area (Å²) in [6.07, 6.45) is 15.1. The van der Waals surface area contributed by atoms with Gasteiger partial charge >= 0.3 is 0 Å². The molecular weight excluding hydrogens is 230 g/mol. The Morgan fingerprint density at radius 2 is 1.95 bits per heavy atom. The third-order valence-electron chi connectivity index (χ3n) is 5.76. The van der Waals surface area contributed by atoms with Crippen molar-refractivity contribution in [3.8, 4) is 6.07 Å². The van der Waals surface area contributed by atoms with E-state index in [4.69, 9.17) is 0 Å². The molecule has 0 spiro atoms. The van der Waals surface area contributed by atoms with Gasteiger partial charge in [-0.05, 0) is 56.8 Å². The lowest BCUT2D eigenvalue weighted by Crippen LogP contribution is -2.35. The van der Waals surface area contributed by atoms with Crippen LogP contribution in [0.2, 0.25) is 0 Å². The molecule has 2 rings (SSSR count). The van der Waals surface area contributed by atoms with Crippen molar-refractivity contribution in [3.05, 3.63) is 0 Å². The topological polar surface area (TPSA) is 23.8 Å². The molecule has 19 heavy (non-hydrogen) atoms. The van der Waals surface area contributed by atoms with Crippen LogP contribution in [-0.4, -0.2) is 0 Å². The average molecular weight is 261 g/mol. The Bertz CT molecular complexity index is 316. The van der Waals surface area contributed by atoms with Crippen molar-refractivity contribution >= 4 is 0 Å². The maximum atomic E-state index is 9.31. The highest BCUT2D eigenvalue weighted by Gasteiger charge is 2.40. The molecule has 0 N–H and O–H groups in total. The molecule has 0 aromatic heterocycles. The quantitative estimate of drug-likeness (QED) is 0.582. The summed E-state index contributed by atoms with van der Waals surface area (Å²) >= 11 is 0. The van der Waals surface area contributed by atoms with Gasteiger partial charge in [0.05, 0.1) is 11.5 Å². The lowest BCUT2D eigenvalue weighted by molar-refractivity contribution is 0.0749. The highest BCUT2D eigenvalue weighted by Crippen LogP contribution is 2.49. The number of nitriles is 1. The summed E-state index contributed by atoms with van der Waals surface area (Å²) < 4.78 is 0. The van der Waals surface area contributed by atoms with Gasteiger partial charge in [0, 0.05) is 0 Å². The van der Waals surface area contributed by atoms with E-state index in [1.807, 2.05) is 0 Å². The molecule has 0 saturated heterocycles. The molecule has 2 fully saturated rings. The normalized spacial score (nSPS) is 38.5. The standard InChI is InChI=1S/C18H31N/c1-3-4-5-6-7-15-8-9-17-13-18(2,14-19)11-10-16(17)12-15/h15-17H,3-13H2,1-2H3. The van der Waals surface area contributed by atoms with E-state index in [-0.39, 0.29) is 5.41 Å². The maximum absolute atomic E-state index is 9.31. The van der Waals surface area contributed by atoms with E-state index >= 15 is 0 Å². The van der Waals surface area contributed by atoms with Gasteiger partial charge in [-0.15, -0.1) is 0 Å². The molecular formula is C18H31N. The van der Waals surface area contributed by atoms with Crippen LogP contribution in [0.15, 0.2) is 0 Å². The van der Waals surface area contributed by atoms with Gasteiger partial charge in [-0.2, -0.15) is 5.26 Å². The second kappa shape index (κ2) is 6.78. The summed E-state index contributed by atoms with van der Waals surface area (Å²) in [6.45, 7) is 4.47. The fourth-order valence-electron chi connectivity index (χ4n) is 4.45. The van der Waals surface area contributed by atoms with E-state index in [1.165, 1.54) is 64.2 Å². The first kappa shape index (κ1) is 14.9. The smallest absolute Gasteiger partial charge is 0.0686 e. The van der Waals surface area contributed by atoms with E-state index < -0.39 is 0 Å². The molecule has 2 aliphatic carbocycles. The molecule has 1 heteroatoms. The Kier molecular flexibility index (Phi) is 5.31. The maximum Gasteiger partial charge on any atom is 0.0686 e. The molecule has 108 valence electrons. The second-order valence-electron chi connectivity index (χ2n) is 7.46. The monoisotopic (exact) mass is 261 g/mol. The molecule has 0 radical (unpaired) electrons. The number of nitrogens with zero attached hydrogens (tertiary/aromatic N) is 1. The van der Waals surface area contributed by atoms with Gasteiger partial charge in [-0.3, -0.25) is 0 Å². The summed E-state index contributed by atoms with van der Waals surface area (Å²) in [5, 5.41) is 9.31. The Morgan fingerprint density at radius 1 is 1.11 bits per heavy atom. The van der Waals surface area contributed by atoms with Gasteiger partial charge in [0.2, 0.25) is 0 Å². The van der Waals surface area contributed by atoms with Gasteiger partial charge in [-0.25, -0.2) is 0 Å². The van der Waals surface area contributed by atoms with E-state index in [2.05, 4.69) is 19.9 Å². The number of hydrogen-bond acceptors (Lipinski definition) is 1. The van der Waals surface area contributed by atoms with E-state index in [0.29, 0.717) is 0 Å². The summed E-state index contributed by atoms with van der Waals surface area (Å²) in [5.74, 6) is 2.82. The first-order valence-electron chi connectivity index (χ1n) is 8.58. The van der Waals surface area contributed by atoms with Crippen molar-refractivity contribution < 1.29 is 0 Å². The van der Waals surface area contributed by atoms with Crippen LogP contribution >= 0.6 is 0 Å². The number of unbranched alkanes of at least 4 members (excludes halogenated alkanes) is 3. The van der Waals surface area contributed by atoms with Crippen LogP contribution in [-0.2, 0) is 0 Å². The zero-order chi connectivity index (χ0) is 13.7. The second-order valence-corrected chi connectivity index (χ2v) is 7.46. The first-order valence-corrected chi connectivity index (χ1v) is 8.58. The Balaban J connectivity index is 1.75. The van der Waals surface area contributed by atoms with Crippen LogP contribution in [0.25, 0.3) is 0 Å². The number of rotatable bonds is 5. The first-order chi connectivity index (χ1) is 9.17. The SMILES string of the molecule is CCCCCCC1CCC2CC(C)(C#N)CCC2C1. The van der Waals surface area contributed by atoms with Gasteiger partial charge in [0.25, 0.3) is 0 Å². The molecule has 1 nitrogen and oxygen atoms in total.